The Bertz CT molecular complexity index is 461. The predicted molar refractivity (Wildman–Crippen MR) is 52.9 cm³/mol. The lowest BCUT2D eigenvalue weighted by atomic mass is 10.1. The minimum atomic E-state index is 0.566. The van der Waals surface area contributed by atoms with Gasteiger partial charge in [-0.2, -0.15) is 0 Å². The molecule has 0 radical (unpaired) electrons. The Hall–Kier alpha value is -1.71. The highest BCUT2D eigenvalue weighted by molar-refractivity contribution is 5.75. The maximum absolute atomic E-state index is 10.2. The van der Waals surface area contributed by atoms with Crippen molar-refractivity contribution in [2.75, 3.05) is 0 Å². The molecule has 0 spiro atoms. The summed E-state index contributed by atoms with van der Waals surface area (Å²) in [6.45, 7) is 0. The van der Waals surface area contributed by atoms with Crippen LogP contribution >= 0.6 is 0 Å². The van der Waals surface area contributed by atoms with Crippen molar-refractivity contribution in [3.63, 3.8) is 0 Å². The highest BCUT2D eigenvalue weighted by atomic mass is 16.1. The molecule has 0 unspecified atom stereocenters. The van der Waals surface area contributed by atoms with Crippen LogP contribution in [0.1, 0.15) is 12.0 Å². The SMILES string of the molecule is Cn1nnc2ccc(CCC=O)cc21. The fourth-order valence-electron chi connectivity index (χ4n) is 1.46. The van der Waals surface area contributed by atoms with Gasteiger partial charge in [-0.1, -0.05) is 11.3 Å². The van der Waals surface area contributed by atoms with Gasteiger partial charge in [0.05, 0.1) is 5.52 Å². The van der Waals surface area contributed by atoms with Crippen molar-refractivity contribution >= 4 is 17.3 Å². The van der Waals surface area contributed by atoms with Crippen molar-refractivity contribution < 1.29 is 4.79 Å². The Morgan fingerprint density at radius 1 is 1.50 bits per heavy atom. The van der Waals surface area contributed by atoms with Crippen molar-refractivity contribution in [2.24, 2.45) is 7.05 Å². The molecule has 14 heavy (non-hydrogen) atoms. The third-order valence-electron chi connectivity index (χ3n) is 2.23. The number of nitrogens with zero attached hydrogens (tertiary/aromatic N) is 3. The van der Waals surface area contributed by atoms with Crippen molar-refractivity contribution in [3.05, 3.63) is 23.8 Å². The maximum atomic E-state index is 10.2. The fourth-order valence-corrected chi connectivity index (χ4v) is 1.46. The van der Waals surface area contributed by atoms with Crippen LogP contribution in [0.4, 0.5) is 0 Å². The van der Waals surface area contributed by atoms with E-state index in [-0.39, 0.29) is 0 Å². The molecule has 4 nitrogen and oxygen atoms in total. The first kappa shape index (κ1) is 8.87. The molecule has 2 rings (SSSR count). The molecular weight excluding hydrogens is 178 g/mol. The molecule has 0 aliphatic carbocycles. The van der Waals surface area contributed by atoms with Crippen LogP contribution < -0.4 is 0 Å². The third-order valence-corrected chi connectivity index (χ3v) is 2.23. The monoisotopic (exact) mass is 189 g/mol. The number of aryl methyl sites for hydroxylation is 2. The van der Waals surface area contributed by atoms with Gasteiger partial charge in [0.2, 0.25) is 0 Å². The van der Waals surface area contributed by atoms with Crippen LogP contribution in [0.2, 0.25) is 0 Å². The minimum absolute atomic E-state index is 0.566. The van der Waals surface area contributed by atoms with Gasteiger partial charge in [-0.15, -0.1) is 5.10 Å². The van der Waals surface area contributed by atoms with Crippen LogP contribution in [0.15, 0.2) is 18.2 Å². The smallest absolute Gasteiger partial charge is 0.120 e. The lowest BCUT2D eigenvalue weighted by Crippen LogP contribution is -1.91. The minimum Gasteiger partial charge on any atom is -0.303 e. The topological polar surface area (TPSA) is 47.8 Å². The number of rotatable bonds is 3. The van der Waals surface area contributed by atoms with Crippen LogP contribution in [-0.4, -0.2) is 21.3 Å². The first-order valence-electron chi connectivity index (χ1n) is 4.53. The standard InChI is InChI=1S/C10H11N3O/c1-13-10-7-8(3-2-6-14)4-5-9(10)11-12-13/h4-7H,2-3H2,1H3. The van der Waals surface area contributed by atoms with Crippen LogP contribution in [-0.2, 0) is 18.3 Å². The summed E-state index contributed by atoms with van der Waals surface area (Å²) < 4.78 is 1.74. The van der Waals surface area contributed by atoms with Gasteiger partial charge in [0.15, 0.2) is 0 Å². The van der Waals surface area contributed by atoms with Gasteiger partial charge in [0, 0.05) is 13.5 Å². The number of aromatic nitrogens is 3. The van der Waals surface area contributed by atoms with E-state index < -0.39 is 0 Å². The summed E-state index contributed by atoms with van der Waals surface area (Å²) >= 11 is 0. The molecular formula is C10H11N3O. The third kappa shape index (κ3) is 1.51. The van der Waals surface area contributed by atoms with Gasteiger partial charge in [-0.3, -0.25) is 0 Å². The van der Waals surface area contributed by atoms with E-state index in [0.717, 1.165) is 29.3 Å². The second kappa shape index (κ2) is 3.57. The van der Waals surface area contributed by atoms with Gasteiger partial charge < -0.3 is 4.79 Å². The lowest BCUT2D eigenvalue weighted by Gasteiger charge is -1.97. The molecule has 1 aromatic heterocycles. The van der Waals surface area contributed by atoms with E-state index in [1.807, 2.05) is 25.2 Å². The molecule has 0 fully saturated rings. The molecule has 0 N–H and O–H groups in total. The van der Waals surface area contributed by atoms with Crippen LogP contribution in [0.5, 0.6) is 0 Å². The van der Waals surface area contributed by atoms with Crippen LogP contribution in [0.3, 0.4) is 0 Å². The van der Waals surface area contributed by atoms with Gasteiger partial charge in [-0.25, -0.2) is 4.68 Å². The molecule has 0 amide bonds. The van der Waals surface area contributed by atoms with E-state index in [4.69, 9.17) is 0 Å². The van der Waals surface area contributed by atoms with E-state index >= 15 is 0 Å². The molecule has 0 atom stereocenters. The molecule has 0 aliphatic rings. The largest absolute Gasteiger partial charge is 0.303 e. The summed E-state index contributed by atoms with van der Waals surface area (Å²) in [6.07, 6.45) is 2.28. The van der Waals surface area contributed by atoms with Crippen LogP contribution in [0, 0.1) is 0 Å². The molecule has 4 heteroatoms. The summed E-state index contributed by atoms with van der Waals surface area (Å²) in [4.78, 5) is 10.2. The lowest BCUT2D eigenvalue weighted by molar-refractivity contribution is -0.107. The van der Waals surface area contributed by atoms with Crippen molar-refractivity contribution in [1.82, 2.24) is 15.0 Å². The summed E-state index contributed by atoms with van der Waals surface area (Å²) in [5.41, 5.74) is 3.05. The van der Waals surface area contributed by atoms with Crippen molar-refractivity contribution in [1.29, 1.82) is 0 Å². The number of hydrogen-bond acceptors (Lipinski definition) is 3. The molecule has 1 aromatic carbocycles. The van der Waals surface area contributed by atoms with Crippen molar-refractivity contribution in [2.45, 2.75) is 12.8 Å². The number of carbonyl (C=O) groups is 1. The van der Waals surface area contributed by atoms with E-state index in [9.17, 15) is 4.79 Å². The molecule has 2 aromatic rings. The van der Waals surface area contributed by atoms with Gasteiger partial charge in [0.25, 0.3) is 0 Å². The number of carbonyl (C=O) groups excluding carboxylic acids is 1. The normalized spacial score (nSPS) is 10.6. The van der Waals surface area contributed by atoms with Crippen molar-refractivity contribution in [3.8, 4) is 0 Å². The molecule has 0 bridgehead atoms. The van der Waals surface area contributed by atoms with E-state index in [1.54, 1.807) is 4.68 Å². The molecule has 72 valence electrons. The zero-order chi connectivity index (χ0) is 9.97. The number of fused-ring (bicyclic) bond motifs is 1. The predicted octanol–water partition coefficient (Wildman–Crippen LogP) is 1.10. The Balaban J connectivity index is 2.39. The zero-order valence-corrected chi connectivity index (χ0v) is 7.97. The molecule has 0 aliphatic heterocycles. The first-order chi connectivity index (χ1) is 6.81. The number of benzene rings is 1. The van der Waals surface area contributed by atoms with Gasteiger partial charge >= 0.3 is 0 Å². The summed E-state index contributed by atoms with van der Waals surface area (Å²) in [7, 11) is 1.86. The number of aldehydes is 1. The Morgan fingerprint density at radius 3 is 3.14 bits per heavy atom. The highest BCUT2D eigenvalue weighted by Crippen LogP contribution is 2.13. The maximum Gasteiger partial charge on any atom is 0.120 e. The number of hydrogen-bond donors (Lipinski definition) is 0. The highest BCUT2D eigenvalue weighted by Gasteiger charge is 2.01. The Kier molecular flexibility index (Phi) is 2.26. The van der Waals surface area contributed by atoms with Gasteiger partial charge in [0.1, 0.15) is 11.8 Å². The molecule has 0 saturated heterocycles. The fraction of sp³-hybridized carbons (Fsp3) is 0.300. The molecule has 1 heterocycles. The van der Waals surface area contributed by atoms with E-state index in [0.29, 0.717) is 6.42 Å². The summed E-state index contributed by atoms with van der Waals surface area (Å²) in [5, 5.41) is 7.90. The quantitative estimate of drug-likeness (QED) is 0.679. The average Bonchev–Trinajstić information content (AvgIpc) is 2.57. The van der Waals surface area contributed by atoms with Crippen LogP contribution in [0.25, 0.3) is 11.0 Å². The van der Waals surface area contributed by atoms with E-state index in [2.05, 4.69) is 10.3 Å². The summed E-state index contributed by atoms with van der Waals surface area (Å²) in [5.74, 6) is 0. The summed E-state index contributed by atoms with van der Waals surface area (Å²) in [6, 6.07) is 5.95. The Labute approximate surface area is 81.5 Å². The first-order valence-corrected chi connectivity index (χ1v) is 4.53. The Morgan fingerprint density at radius 2 is 2.36 bits per heavy atom. The second-order valence-electron chi connectivity index (χ2n) is 3.24. The molecule has 0 saturated carbocycles. The van der Waals surface area contributed by atoms with Gasteiger partial charge in [-0.05, 0) is 24.1 Å². The second-order valence-corrected chi connectivity index (χ2v) is 3.24. The average molecular weight is 189 g/mol. The van der Waals surface area contributed by atoms with E-state index in [1.165, 1.54) is 0 Å². The zero-order valence-electron chi connectivity index (χ0n) is 7.97.